The maximum Gasteiger partial charge on any atom is 0.490 e. The van der Waals surface area contributed by atoms with E-state index in [1.54, 1.807) is 18.2 Å². The molecule has 2 unspecified atom stereocenters. The number of thiophene rings is 1. The highest BCUT2D eigenvalue weighted by Gasteiger charge is 2.72. The van der Waals surface area contributed by atoms with Crippen LogP contribution in [0.5, 0.6) is 0 Å². The van der Waals surface area contributed by atoms with Crippen molar-refractivity contribution in [3.63, 3.8) is 0 Å². The van der Waals surface area contributed by atoms with Gasteiger partial charge in [-0.2, -0.15) is 26.3 Å². The fraction of sp³-hybridized carbons (Fsp3) is 0.387. The molecule has 0 spiro atoms. The topological polar surface area (TPSA) is 142 Å². The second-order valence-corrected chi connectivity index (χ2v) is 12.7. The summed E-state index contributed by atoms with van der Waals surface area (Å²) in [7, 11) is 1.52. The van der Waals surface area contributed by atoms with E-state index >= 15 is 0 Å². The Kier molecular flexibility index (Phi) is 9.86. The molecule has 3 aromatic heterocycles. The van der Waals surface area contributed by atoms with Crippen LogP contribution >= 0.6 is 11.3 Å². The Morgan fingerprint density at radius 2 is 1.71 bits per heavy atom. The van der Waals surface area contributed by atoms with Crippen LogP contribution in [0.1, 0.15) is 43.5 Å². The molecule has 4 heterocycles. The minimum atomic E-state index is -5.08. The van der Waals surface area contributed by atoms with Gasteiger partial charge in [-0.1, -0.05) is 26.8 Å². The number of nitrogens with one attached hydrogen (secondary N) is 1. The molecule has 1 saturated carbocycles. The zero-order chi connectivity index (χ0) is 35.9. The molecule has 5 rings (SSSR count). The fourth-order valence-corrected chi connectivity index (χ4v) is 6.66. The monoisotopic (exact) mass is 697 g/mol. The molecule has 10 nitrogen and oxygen atoms in total. The molecule has 3 aromatic rings. The summed E-state index contributed by atoms with van der Waals surface area (Å²) in [6.07, 6.45) is -4.73. The molecule has 2 aliphatic rings. The maximum atomic E-state index is 13.8. The van der Waals surface area contributed by atoms with Crippen molar-refractivity contribution in [1.29, 1.82) is 0 Å². The predicted molar refractivity (Wildman–Crippen MR) is 164 cm³/mol. The van der Waals surface area contributed by atoms with E-state index in [9.17, 15) is 40.7 Å². The van der Waals surface area contributed by atoms with Crippen LogP contribution in [0.3, 0.4) is 0 Å². The molecular weight excluding hydrogens is 668 g/mol. The number of aliphatic imine (C=N–C) groups is 1. The summed E-state index contributed by atoms with van der Waals surface area (Å²) in [4.78, 5) is 61.7. The number of alkyl halides is 6. The summed E-state index contributed by atoms with van der Waals surface area (Å²) in [6, 6.07) is 4.22. The second-order valence-electron chi connectivity index (χ2n) is 11.6. The van der Waals surface area contributed by atoms with Crippen LogP contribution in [0.2, 0.25) is 0 Å². The molecule has 2 atom stereocenters. The molecule has 1 aliphatic carbocycles. The number of halogens is 6. The molecule has 0 radical (unpaired) electrons. The number of carboxylic acid groups (broad SMARTS) is 1. The Hall–Kier alpha value is -4.67. The third-order valence-corrected chi connectivity index (χ3v) is 9.03. The number of hydrogen-bond acceptors (Lipinski definition) is 8. The van der Waals surface area contributed by atoms with Crippen LogP contribution in [0, 0.1) is 24.2 Å². The Morgan fingerprint density at radius 3 is 2.23 bits per heavy atom. The zero-order valence-corrected chi connectivity index (χ0v) is 26.9. The lowest BCUT2D eigenvalue weighted by molar-refractivity contribution is -0.192. The Balaban J connectivity index is 0.000000671. The van der Waals surface area contributed by atoms with Gasteiger partial charge in [-0.25, -0.2) is 9.78 Å². The van der Waals surface area contributed by atoms with Gasteiger partial charge in [0.15, 0.2) is 0 Å². The summed E-state index contributed by atoms with van der Waals surface area (Å²) in [6.45, 7) is 7.13. The number of hydrogen-bond donors (Lipinski definition) is 2. The normalized spacial score (nSPS) is 19.0. The number of likely N-dealkylation sites (tertiary alicyclic amines) is 1. The van der Waals surface area contributed by atoms with Crippen molar-refractivity contribution in [2.45, 2.75) is 53.0 Å². The number of aryl methyl sites for hydroxylation is 1. The van der Waals surface area contributed by atoms with Gasteiger partial charge in [0.25, 0.3) is 5.91 Å². The summed E-state index contributed by atoms with van der Waals surface area (Å²) < 4.78 is 73.8. The smallest absolute Gasteiger partial charge is 0.475 e. The first-order valence-corrected chi connectivity index (χ1v) is 15.1. The van der Waals surface area contributed by atoms with Crippen molar-refractivity contribution < 1.29 is 50.6 Å². The van der Waals surface area contributed by atoms with Gasteiger partial charge in [-0.05, 0) is 37.0 Å². The van der Waals surface area contributed by atoms with Crippen molar-refractivity contribution in [2.75, 3.05) is 12.4 Å². The predicted octanol–water partition coefficient (Wildman–Crippen LogP) is 6.44. The van der Waals surface area contributed by atoms with Gasteiger partial charge >= 0.3 is 18.3 Å². The van der Waals surface area contributed by atoms with Gasteiger partial charge in [0.2, 0.25) is 11.8 Å². The number of carbonyl (C=O) groups is 4. The highest BCUT2D eigenvalue weighted by Crippen LogP contribution is 2.63. The van der Waals surface area contributed by atoms with Crippen LogP contribution in [0.25, 0.3) is 21.3 Å². The van der Waals surface area contributed by atoms with Crippen molar-refractivity contribution in [1.82, 2.24) is 14.9 Å². The third-order valence-electron chi connectivity index (χ3n) is 7.88. The van der Waals surface area contributed by atoms with Crippen LogP contribution in [-0.4, -0.2) is 63.1 Å². The lowest BCUT2D eigenvalue weighted by Crippen LogP contribution is -2.35. The number of allylic oxidation sites excluding steroid dienone is 1. The molecule has 17 heteroatoms. The Bertz CT molecular complexity index is 1840. The molecule has 48 heavy (non-hydrogen) atoms. The first-order valence-electron chi connectivity index (χ1n) is 14.3. The number of imide groups is 1. The number of fused-ring (bicyclic) bond motifs is 2. The van der Waals surface area contributed by atoms with Gasteiger partial charge in [-0.15, -0.1) is 11.3 Å². The van der Waals surface area contributed by atoms with Gasteiger partial charge < -0.3 is 10.4 Å². The highest BCUT2D eigenvalue weighted by atomic mass is 32.1. The molecule has 3 amide bonds. The average Bonchev–Trinajstić information content (AvgIpc) is 3.21. The summed E-state index contributed by atoms with van der Waals surface area (Å²) in [5, 5.41) is 9.87. The number of aromatic nitrogens is 2. The Labute approximate surface area is 273 Å². The van der Waals surface area contributed by atoms with E-state index in [2.05, 4.69) is 20.3 Å². The van der Waals surface area contributed by atoms with Crippen molar-refractivity contribution in [3.8, 4) is 11.1 Å². The lowest BCUT2D eigenvalue weighted by Gasteiger charge is -2.19. The van der Waals surface area contributed by atoms with Crippen molar-refractivity contribution in [3.05, 3.63) is 52.3 Å². The molecule has 1 saturated heterocycles. The number of amides is 3. The van der Waals surface area contributed by atoms with Crippen LogP contribution in [0.4, 0.5) is 32.0 Å². The van der Waals surface area contributed by atoms with Gasteiger partial charge in [0.1, 0.15) is 5.69 Å². The Morgan fingerprint density at radius 1 is 1.10 bits per heavy atom. The fourth-order valence-electron chi connectivity index (χ4n) is 5.53. The van der Waals surface area contributed by atoms with Crippen LogP contribution < -0.4 is 5.32 Å². The van der Waals surface area contributed by atoms with Crippen molar-refractivity contribution in [2.24, 2.45) is 22.2 Å². The number of piperidine rings is 1. The third kappa shape index (κ3) is 7.10. The van der Waals surface area contributed by atoms with E-state index in [-0.39, 0.29) is 58.1 Å². The number of carbonyl (C=O) groups excluding carboxylic acids is 3. The van der Waals surface area contributed by atoms with Crippen molar-refractivity contribution >= 4 is 57.1 Å². The summed E-state index contributed by atoms with van der Waals surface area (Å²) in [5.41, 5.74) is -0.0137. The lowest BCUT2D eigenvalue weighted by atomic mass is 10.0. The summed E-state index contributed by atoms with van der Waals surface area (Å²) >= 11 is 1.24. The van der Waals surface area contributed by atoms with E-state index in [0.717, 1.165) is 6.07 Å². The molecule has 1 aliphatic heterocycles. The number of aliphatic carboxylic acids is 1. The quantitative estimate of drug-likeness (QED) is 0.125. The SMILES string of the molecule is CC/C=C(\C=NC)C(=O)Nc1c(-c2ccnc3cc(CN4C(=O)C5C(C4=O)C5(C)C)sc23)cc(C(F)(F)F)nc1C.O=C(O)C(F)(F)F. The summed E-state index contributed by atoms with van der Waals surface area (Å²) in [5.74, 6) is -4.32. The standard InChI is InChI=1S/C29H28F3N5O3S.C2HF3O2/c1-6-7-15(12-33-5)25(38)36-23-14(2)35-20(29(30,31)32)11-18(23)17-8-9-34-19-10-16(41-24(17)19)13-37-26(39)21-22(27(37)40)28(21,3)4;3-2(4,5)1(6)7/h7-12,21-22H,6,13H2,1-5H3,(H,36,38);(H,6,7)/b15-7+,33-12?;. The molecule has 0 bridgehead atoms. The highest BCUT2D eigenvalue weighted by molar-refractivity contribution is 7.19. The van der Waals surface area contributed by atoms with Gasteiger partial charge in [-0.3, -0.25) is 29.3 Å². The van der Waals surface area contributed by atoms with E-state index in [1.807, 2.05) is 20.8 Å². The molecular formula is C31H29F6N5O5S. The van der Waals surface area contributed by atoms with Gasteiger partial charge in [0.05, 0.1) is 45.6 Å². The minimum Gasteiger partial charge on any atom is -0.475 e. The average molecular weight is 698 g/mol. The molecule has 0 aromatic carbocycles. The van der Waals surface area contributed by atoms with E-state index in [4.69, 9.17) is 9.90 Å². The number of rotatable bonds is 7. The second kappa shape index (κ2) is 13.1. The largest absolute Gasteiger partial charge is 0.490 e. The number of carboxylic acids is 1. The first kappa shape index (κ1) is 36.2. The first-order chi connectivity index (χ1) is 22.2. The van der Waals surface area contributed by atoms with E-state index in [1.165, 1.54) is 42.6 Å². The van der Waals surface area contributed by atoms with Crippen LogP contribution in [0.15, 0.2) is 41.0 Å². The minimum absolute atomic E-state index is 0.00991. The number of nitrogens with zero attached hydrogens (tertiary/aromatic N) is 4. The molecule has 2 N–H and O–H groups in total. The number of pyridine rings is 2. The molecule has 2 fully saturated rings. The maximum absolute atomic E-state index is 13.8. The zero-order valence-electron chi connectivity index (χ0n) is 26.1. The molecule has 256 valence electrons. The number of anilines is 1. The van der Waals surface area contributed by atoms with E-state index in [0.29, 0.717) is 27.1 Å². The van der Waals surface area contributed by atoms with Gasteiger partial charge in [0, 0.05) is 35.5 Å². The van der Waals surface area contributed by atoms with E-state index < -0.39 is 29.9 Å². The van der Waals surface area contributed by atoms with Crippen LogP contribution in [-0.2, 0) is 31.9 Å².